The van der Waals surface area contributed by atoms with Crippen LogP contribution in [-0.2, 0) is 0 Å². The first-order valence-corrected chi connectivity index (χ1v) is 6.80. The highest BCUT2D eigenvalue weighted by Gasteiger charge is 2.13. The van der Waals surface area contributed by atoms with E-state index in [1.165, 1.54) is 17.6 Å². The zero-order chi connectivity index (χ0) is 14.4. The third-order valence-electron chi connectivity index (χ3n) is 2.53. The minimum Gasteiger partial charge on any atom is -0.323 e. The van der Waals surface area contributed by atoms with Crippen LogP contribution in [0.15, 0.2) is 52.0 Å². The summed E-state index contributed by atoms with van der Waals surface area (Å²) in [6.07, 6.45) is 1.24. The van der Waals surface area contributed by atoms with Crippen molar-refractivity contribution in [3.63, 3.8) is 0 Å². The molecule has 6 heteroatoms. The second kappa shape index (κ2) is 6.63. The van der Waals surface area contributed by atoms with Crippen molar-refractivity contribution in [1.82, 2.24) is 0 Å². The Bertz CT molecular complexity index is 630. The van der Waals surface area contributed by atoms with Gasteiger partial charge in [0.1, 0.15) is 0 Å². The van der Waals surface area contributed by atoms with Gasteiger partial charge in [-0.25, -0.2) is 0 Å². The highest BCUT2D eigenvalue weighted by Crippen LogP contribution is 2.11. The fraction of sp³-hybridized carbons (Fsp3) is 0.0714. The van der Waals surface area contributed by atoms with E-state index in [4.69, 9.17) is 5.84 Å². The van der Waals surface area contributed by atoms with E-state index in [0.29, 0.717) is 4.88 Å². The average Bonchev–Trinajstić information content (AvgIpc) is 2.98. The molecule has 0 saturated heterocycles. The molecule has 2 aromatic rings. The van der Waals surface area contributed by atoms with Crippen LogP contribution < -0.4 is 11.3 Å². The lowest BCUT2D eigenvalue weighted by atomic mass is 10.2. The summed E-state index contributed by atoms with van der Waals surface area (Å²) in [5, 5.41) is 9.28. The van der Waals surface area contributed by atoms with Crippen molar-refractivity contribution in [1.29, 1.82) is 0 Å². The van der Waals surface area contributed by atoms with Crippen LogP contribution in [0.2, 0.25) is 0 Å². The van der Waals surface area contributed by atoms with Gasteiger partial charge in [0.05, 0.1) is 16.8 Å². The van der Waals surface area contributed by atoms with E-state index in [0.717, 1.165) is 11.3 Å². The Morgan fingerprint density at radius 2 is 2.05 bits per heavy atom. The van der Waals surface area contributed by atoms with Gasteiger partial charge < -0.3 is 5.84 Å². The minimum absolute atomic E-state index is 0.163. The first-order valence-electron chi connectivity index (χ1n) is 5.92. The highest BCUT2D eigenvalue weighted by molar-refractivity contribution is 7.13. The summed E-state index contributed by atoms with van der Waals surface area (Å²) in [5.74, 6) is 4.91. The Morgan fingerprint density at radius 1 is 1.30 bits per heavy atom. The van der Waals surface area contributed by atoms with Crippen LogP contribution in [0.3, 0.4) is 0 Å². The van der Waals surface area contributed by atoms with Gasteiger partial charge in [-0.3, -0.25) is 10.2 Å². The maximum Gasteiger partial charge on any atom is 0.224 e. The molecule has 0 radical (unpaired) electrons. The van der Waals surface area contributed by atoms with Crippen molar-refractivity contribution >= 4 is 34.7 Å². The normalized spacial score (nSPS) is 11.8. The van der Waals surface area contributed by atoms with Gasteiger partial charge >= 0.3 is 0 Å². The molecule has 20 heavy (non-hydrogen) atoms. The van der Waals surface area contributed by atoms with E-state index in [1.54, 1.807) is 6.07 Å². The molecule has 0 spiro atoms. The van der Waals surface area contributed by atoms with Crippen molar-refractivity contribution < 1.29 is 4.79 Å². The average molecular weight is 286 g/mol. The zero-order valence-corrected chi connectivity index (χ0v) is 11.7. The molecule has 0 fully saturated rings. The summed E-state index contributed by atoms with van der Waals surface area (Å²) in [4.78, 5) is 12.8. The number of hydrazone groups is 2. The van der Waals surface area contributed by atoms with Gasteiger partial charge in [0, 0.05) is 0 Å². The smallest absolute Gasteiger partial charge is 0.224 e. The molecule has 1 aromatic carbocycles. The summed E-state index contributed by atoms with van der Waals surface area (Å²) in [5.41, 5.74) is 4.93. The number of rotatable bonds is 5. The molecular weight excluding hydrogens is 272 g/mol. The van der Waals surface area contributed by atoms with E-state index in [2.05, 4.69) is 15.6 Å². The summed E-state index contributed by atoms with van der Waals surface area (Å²) in [7, 11) is 0. The van der Waals surface area contributed by atoms with Crippen molar-refractivity contribution in [2.24, 2.45) is 16.0 Å². The maximum absolute atomic E-state index is 12.2. The molecule has 0 amide bonds. The number of benzene rings is 1. The largest absolute Gasteiger partial charge is 0.323 e. The van der Waals surface area contributed by atoms with Crippen LogP contribution in [-0.4, -0.2) is 17.7 Å². The fourth-order valence-corrected chi connectivity index (χ4v) is 2.17. The maximum atomic E-state index is 12.2. The van der Waals surface area contributed by atoms with E-state index in [1.807, 2.05) is 42.6 Å². The minimum atomic E-state index is -0.214. The third-order valence-corrected chi connectivity index (χ3v) is 3.40. The van der Waals surface area contributed by atoms with Gasteiger partial charge in [0.15, 0.2) is 5.71 Å². The molecular formula is C14H14N4OS. The number of aryl methyl sites for hydroxylation is 1. The Hall–Kier alpha value is -2.47. The van der Waals surface area contributed by atoms with E-state index >= 15 is 0 Å². The number of nitrogens with zero attached hydrogens (tertiary/aromatic N) is 2. The molecule has 0 bridgehead atoms. The van der Waals surface area contributed by atoms with Gasteiger partial charge in [0.25, 0.3) is 0 Å². The van der Waals surface area contributed by atoms with Crippen molar-refractivity contribution in [3.8, 4) is 0 Å². The standard InChI is InChI=1S/C14H14N4OS/c1-10-4-6-11(7-5-10)17-18-12(9-16-15)14(19)13-3-2-8-20-13/h2-9,17H,15H2,1H3/b16-9+,18-12+. The number of carbonyl (C=O) groups excluding carboxylic acids is 1. The van der Waals surface area contributed by atoms with E-state index in [9.17, 15) is 4.79 Å². The SMILES string of the molecule is Cc1ccc(N/N=C(\C=N\N)C(=O)c2cccs2)cc1. The Balaban J connectivity index is 2.18. The topological polar surface area (TPSA) is 79.8 Å². The van der Waals surface area contributed by atoms with Crippen LogP contribution in [0.1, 0.15) is 15.2 Å². The number of anilines is 1. The van der Waals surface area contributed by atoms with Gasteiger partial charge in [-0.2, -0.15) is 10.2 Å². The third kappa shape index (κ3) is 3.52. The molecule has 0 saturated carbocycles. The lowest BCUT2D eigenvalue weighted by Crippen LogP contribution is -2.17. The van der Waals surface area contributed by atoms with Crippen molar-refractivity contribution in [2.45, 2.75) is 6.92 Å². The molecule has 0 aliphatic heterocycles. The fourth-order valence-electron chi connectivity index (χ4n) is 1.50. The van der Waals surface area contributed by atoms with Crippen molar-refractivity contribution in [2.75, 3.05) is 5.43 Å². The number of Topliss-reactive ketones (excluding diaryl/α,β-unsaturated/α-hetero) is 1. The van der Waals surface area contributed by atoms with Crippen LogP contribution >= 0.6 is 11.3 Å². The molecule has 1 aromatic heterocycles. The molecule has 0 aliphatic rings. The van der Waals surface area contributed by atoms with Crippen LogP contribution in [0, 0.1) is 6.92 Å². The molecule has 2 rings (SSSR count). The van der Waals surface area contributed by atoms with Crippen molar-refractivity contribution in [3.05, 3.63) is 52.2 Å². The predicted molar refractivity (Wildman–Crippen MR) is 83.6 cm³/mol. The second-order valence-corrected chi connectivity index (χ2v) is 5.01. The van der Waals surface area contributed by atoms with Crippen LogP contribution in [0.4, 0.5) is 5.69 Å². The molecule has 1 heterocycles. The quantitative estimate of drug-likeness (QED) is 0.384. The number of ketones is 1. The molecule has 0 atom stereocenters. The first kappa shape index (κ1) is 14.0. The van der Waals surface area contributed by atoms with E-state index in [-0.39, 0.29) is 11.5 Å². The molecule has 0 unspecified atom stereocenters. The van der Waals surface area contributed by atoms with Gasteiger partial charge in [-0.05, 0) is 30.5 Å². The number of hydrogen-bond donors (Lipinski definition) is 2. The predicted octanol–water partition coefficient (Wildman–Crippen LogP) is 2.65. The van der Waals surface area contributed by atoms with Gasteiger partial charge in [0.2, 0.25) is 5.78 Å². The number of nitrogens with one attached hydrogen (secondary N) is 1. The number of hydrogen-bond acceptors (Lipinski definition) is 6. The zero-order valence-electron chi connectivity index (χ0n) is 10.9. The summed E-state index contributed by atoms with van der Waals surface area (Å²) < 4.78 is 0. The van der Waals surface area contributed by atoms with Crippen LogP contribution in [0.25, 0.3) is 0 Å². The van der Waals surface area contributed by atoms with E-state index < -0.39 is 0 Å². The summed E-state index contributed by atoms with van der Waals surface area (Å²) in [6, 6.07) is 11.2. The summed E-state index contributed by atoms with van der Waals surface area (Å²) >= 11 is 1.35. The highest BCUT2D eigenvalue weighted by atomic mass is 32.1. The monoisotopic (exact) mass is 286 g/mol. The lowest BCUT2D eigenvalue weighted by Gasteiger charge is -2.02. The number of carbonyl (C=O) groups is 1. The summed E-state index contributed by atoms with van der Waals surface area (Å²) in [6.45, 7) is 2.00. The number of thiophene rings is 1. The second-order valence-electron chi connectivity index (χ2n) is 4.06. The lowest BCUT2D eigenvalue weighted by molar-refractivity contribution is 0.107. The van der Waals surface area contributed by atoms with Crippen LogP contribution in [0.5, 0.6) is 0 Å². The van der Waals surface area contributed by atoms with Gasteiger partial charge in [-0.1, -0.05) is 23.8 Å². The Kier molecular flexibility index (Phi) is 4.62. The van der Waals surface area contributed by atoms with Gasteiger partial charge in [-0.15, -0.1) is 11.3 Å². The Morgan fingerprint density at radius 3 is 2.65 bits per heavy atom. The first-order chi connectivity index (χ1) is 9.70. The Labute approximate surface area is 120 Å². The molecule has 3 N–H and O–H groups in total. The molecule has 5 nitrogen and oxygen atoms in total. The number of nitrogens with two attached hydrogens (primary N) is 1. The molecule has 0 aliphatic carbocycles. The molecule has 102 valence electrons.